The minimum Gasteiger partial charge on any atom is -0.436 e. The lowest BCUT2D eigenvalue weighted by atomic mass is 10.1. The molecule has 0 saturated heterocycles. The van der Waals surface area contributed by atoms with Gasteiger partial charge in [0.15, 0.2) is 5.58 Å². The normalized spacial score (nSPS) is 10.7. The number of benzene rings is 3. The van der Waals surface area contributed by atoms with Gasteiger partial charge in [-0.05, 0) is 41.1 Å². The smallest absolute Gasteiger partial charge is 0.240 e. The Balaban J connectivity index is 1.86. The monoisotopic (exact) mass is 286 g/mol. The molecule has 4 rings (SSSR count). The Kier molecular flexibility index (Phi) is 2.81. The summed E-state index contributed by atoms with van der Waals surface area (Å²) in [5, 5.41) is 2.30. The Labute approximate surface area is 125 Å². The van der Waals surface area contributed by atoms with E-state index in [0.717, 1.165) is 10.9 Å². The van der Waals surface area contributed by atoms with Crippen LogP contribution in [0.1, 0.15) is 0 Å². The van der Waals surface area contributed by atoms with Crippen LogP contribution in [0, 0.1) is 0 Å². The first kappa shape index (κ1) is 12.5. The summed E-state index contributed by atoms with van der Waals surface area (Å²) >= 11 is 0. The second-order valence-electron chi connectivity index (χ2n) is 4.94. The maximum Gasteiger partial charge on any atom is 0.240 e. The molecule has 0 fully saturated rings. The molecule has 1 heterocycles. The van der Waals surface area contributed by atoms with E-state index in [4.69, 9.17) is 4.42 Å². The van der Waals surface area contributed by atoms with Crippen molar-refractivity contribution in [1.82, 2.24) is 4.98 Å². The van der Waals surface area contributed by atoms with Crippen molar-refractivity contribution >= 4 is 33.6 Å². The van der Waals surface area contributed by atoms with Crippen LogP contribution in [-0.4, -0.2) is 11.1 Å². The predicted octanol–water partition coefficient (Wildman–Crippen LogP) is 4.62. The second-order valence-corrected chi connectivity index (χ2v) is 4.94. The summed E-state index contributed by atoms with van der Waals surface area (Å²) in [6.45, 7) is 0. The molecule has 0 aliphatic carbocycles. The van der Waals surface area contributed by atoms with Gasteiger partial charge >= 0.3 is 0 Å². The van der Waals surface area contributed by atoms with Gasteiger partial charge in [0, 0.05) is 5.56 Å². The molecule has 104 valence electrons. The molecule has 0 unspecified atom stereocenters. The summed E-state index contributed by atoms with van der Waals surface area (Å²) < 4.78 is 5.78. The third-order valence-corrected chi connectivity index (χ3v) is 3.54. The van der Waals surface area contributed by atoms with Crippen LogP contribution in [0.2, 0.25) is 0 Å². The van der Waals surface area contributed by atoms with Crippen molar-refractivity contribution < 1.29 is 9.21 Å². The second kappa shape index (κ2) is 4.95. The fraction of sp³-hybridized carbons (Fsp3) is 0. The van der Waals surface area contributed by atoms with E-state index < -0.39 is 0 Å². The van der Waals surface area contributed by atoms with Crippen LogP contribution >= 0.6 is 0 Å². The first-order valence-electron chi connectivity index (χ1n) is 6.81. The molecule has 4 nitrogen and oxygen atoms in total. The van der Waals surface area contributed by atoms with Gasteiger partial charge in [-0.15, -0.1) is 0 Å². The van der Waals surface area contributed by atoms with Gasteiger partial charge in [-0.1, -0.05) is 30.3 Å². The van der Waals surface area contributed by atoms with Crippen LogP contribution in [-0.2, 0) is 4.79 Å². The van der Waals surface area contributed by atoms with Crippen LogP contribution in [0.3, 0.4) is 0 Å². The maximum atomic E-state index is 10.3. The van der Waals surface area contributed by atoms with Gasteiger partial charge in [-0.25, -0.2) is 9.78 Å². The zero-order chi connectivity index (χ0) is 14.9. The number of aliphatic imine (C=N–C) groups is 1. The van der Waals surface area contributed by atoms with Crippen molar-refractivity contribution in [3.05, 3.63) is 60.7 Å². The molecule has 4 heteroatoms. The standard InChI is InChI=1S/C18H10N2O2/c21-11-19-15-7-8-17-16(10-15)20-18(22-17)14-6-5-12-3-1-2-4-13(12)9-14/h1-10H. The van der Waals surface area contributed by atoms with Crippen molar-refractivity contribution in [2.24, 2.45) is 4.99 Å². The summed E-state index contributed by atoms with van der Waals surface area (Å²) in [5.74, 6) is 0.549. The van der Waals surface area contributed by atoms with E-state index in [9.17, 15) is 4.79 Å². The van der Waals surface area contributed by atoms with Crippen molar-refractivity contribution in [3.8, 4) is 11.5 Å². The molecule has 3 aromatic carbocycles. The largest absolute Gasteiger partial charge is 0.436 e. The summed E-state index contributed by atoms with van der Waals surface area (Å²) in [6.07, 6.45) is 1.52. The summed E-state index contributed by atoms with van der Waals surface area (Å²) in [7, 11) is 0. The van der Waals surface area contributed by atoms with Gasteiger partial charge in [0.1, 0.15) is 5.52 Å². The average Bonchev–Trinajstić information content (AvgIpc) is 2.98. The highest BCUT2D eigenvalue weighted by Crippen LogP contribution is 2.28. The molecule has 0 aliphatic rings. The zero-order valence-corrected chi connectivity index (χ0v) is 11.5. The maximum absolute atomic E-state index is 10.3. The molecule has 1 aromatic heterocycles. The molecule has 0 atom stereocenters. The third kappa shape index (κ3) is 2.08. The van der Waals surface area contributed by atoms with Crippen LogP contribution in [0.4, 0.5) is 5.69 Å². The molecule has 0 N–H and O–H groups in total. The van der Waals surface area contributed by atoms with Gasteiger partial charge < -0.3 is 4.42 Å². The van der Waals surface area contributed by atoms with Gasteiger partial charge in [0.05, 0.1) is 5.69 Å². The Morgan fingerprint density at radius 1 is 0.955 bits per heavy atom. The van der Waals surface area contributed by atoms with Gasteiger partial charge in [0.2, 0.25) is 12.0 Å². The number of carbonyl (C=O) groups excluding carboxylic acids is 1. The summed E-state index contributed by atoms with van der Waals surface area (Å²) in [6, 6.07) is 19.4. The molecule has 0 radical (unpaired) electrons. The van der Waals surface area contributed by atoms with E-state index in [1.807, 2.05) is 30.3 Å². The van der Waals surface area contributed by atoms with Crippen molar-refractivity contribution in [2.75, 3.05) is 0 Å². The van der Waals surface area contributed by atoms with E-state index in [0.29, 0.717) is 22.7 Å². The summed E-state index contributed by atoms with van der Waals surface area (Å²) in [4.78, 5) is 18.4. The fourth-order valence-electron chi connectivity index (χ4n) is 2.48. The van der Waals surface area contributed by atoms with Crippen molar-refractivity contribution in [3.63, 3.8) is 0 Å². The Hall–Kier alpha value is -3.23. The molecule has 0 spiro atoms. The SMILES string of the molecule is O=C=Nc1ccc2oc(-c3ccc4ccccc4c3)nc2c1. The minimum absolute atomic E-state index is 0.515. The quantitative estimate of drug-likeness (QED) is 0.399. The Morgan fingerprint density at radius 3 is 2.68 bits per heavy atom. The molecule has 0 aliphatic heterocycles. The average molecular weight is 286 g/mol. The number of isocyanates is 1. The van der Waals surface area contributed by atoms with Crippen LogP contribution in [0.25, 0.3) is 33.3 Å². The number of hydrogen-bond acceptors (Lipinski definition) is 4. The minimum atomic E-state index is 0.515. The lowest BCUT2D eigenvalue weighted by molar-refractivity contribution is 0.565. The van der Waals surface area contributed by atoms with Gasteiger partial charge in [-0.2, -0.15) is 4.99 Å². The number of aromatic nitrogens is 1. The van der Waals surface area contributed by atoms with Crippen molar-refractivity contribution in [1.29, 1.82) is 0 Å². The highest BCUT2D eigenvalue weighted by molar-refractivity contribution is 5.87. The molecule has 0 amide bonds. The highest BCUT2D eigenvalue weighted by atomic mass is 16.3. The topological polar surface area (TPSA) is 55.5 Å². The number of hydrogen-bond donors (Lipinski definition) is 0. The van der Waals surface area contributed by atoms with E-state index >= 15 is 0 Å². The molecular weight excluding hydrogens is 276 g/mol. The molecule has 4 aromatic rings. The van der Waals surface area contributed by atoms with E-state index in [1.165, 1.54) is 11.5 Å². The van der Waals surface area contributed by atoms with Crippen molar-refractivity contribution in [2.45, 2.75) is 0 Å². The fourth-order valence-corrected chi connectivity index (χ4v) is 2.48. The predicted molar refractivity (Wildman–Crippen MR) is 84.7 cm³/mol. The highest BCUT2D eigenvalue weighted by Gasteiger charge is 2.09. The van der Waals surface area contributed by atoms with E-state index in [2.05, 4.69) is 22.1 Å². The zero-order valence-electron chi connectivity index (χ0n) is 11.5. The van der Waals surface area contributed by atoms with E-state index in [-0.39, 0.29) is 0 Å². The van der Waals surface area contributed by atoms with Crippen LogP contribution in [0.5, 0.6) is 0 Å². The Bertz CT molecular complexity index is 1040. The number of fused-ring (bicyclic) bond motifs is 2. The van der Waals surface area contributed by atoms with Gasteiger partial charge in [0.25, 0.3) is 0 Å². The van der Waals surface area contributed by atoms with Crippen LogP contribution < -0.4 is 0 Å². The Morgan fingerprint density at radius 2 is 1.82 bits per heavy atom. The molecule has 22 heavy (non-hydrogen) atoms. The number of oxazole rings is 1. The van der Waals surface area contributed by atoms with Crippen LogP contribution in [0.15, 0.2) is 70.1 Å². The number of nitrogens with zero attached hydrogens (tertiary/aromatic N) is 2. The van der Waals surface area contributed by atoms with E-state index in [1.54, 1.807) is 18.2 Å². The van der Waals surface area contributed by atoms with Gasteiger partial charge in [-0.3, -0.25) is 0 Å². The molecule has 0 saturated carbocycles. The lowest BCUT2D eigenvalue weighted by Gasteiger charge is -1.99. The first-order valence-corrected chi connectivity index (χ1v) is 6.81. The lowest BCUT2D eigenvalue weighted by Crippen LogP contribution is -1.78. The molecular formula is C18H10N2O2. The summed E-state index contributed by atoms with van der Waals surface area (Å²) in [5.41, 5.74) is 2.75. The third-order valence-electron chi connectivity index (χ3n) is 3.54. The molecule has 0 bridgehead atoms. The first-order chi connectivity index (χ1) is 10.8. The number of rotatable bonds is 2.